The Balaban J connectivity index is 0.00000120. The van der Waals surface area contributed by atoms with E-state index in [0.29, 0.717) is 0 Å². The van der Waals surface area contributed by atoms with E-state index in [0.717, 1.165) is 22.9 Å². The van der Waals surface area contributed by atoms with E-state index < -0.39 is 0 Å². The molecule has 0 aromatic carbocycles. The first kappa shape index (κ1) is 14.3. The number of likely N-dealkylation sites (tertiary alicyclic amines) is 1. The molecule has 1 N–H and O–H groups in total. The highest BCUT2D eigenvalue weighted by Crippen LogP contribution is 2.27. The van der Waals surface area contributed by atoms with Crippen LogP contribution in [0.3, 0.4) is 0 Å². The normalized spacial score (nSPS) is 27.6. The molecule has 0 spiro atoms. The molecular weight excluding hydrogens is 314 g/mol. The molecule has 2 aliphatic rings. The van der Waals surface area contributed by atoms with E-state index >= 15 is 0 Å². The molecule has 2 unspecified atom stereocenters. The van der Waals surface area contributed by atoms with Gasteiger partial charge in [0.25, 0.3) is 0 Å². The molecule has 100 valence electrons. The third-order valence-electron chi connectivity index (χ3n) is 3.96. The van der Waals surface area contributed by atoms with Crippen molar-refractivity contribution >= 4 is 28.3 Å². The Morgan fingerprint density at radius 1 is 1.33 bits per heavy atom. The van der Waals surface area contributed by atoms with Crippen molar-refractivity contribution in [2.75, 3.05) is 26.2 Å². The maximum Gasteiger partial charge on any atom is 0.0410 e. The molecule has 3 heterocycles. The van der Waals surface area contributed by atoms with E-state index in [2.05, 4.69) is 37.2 Å². The number of hydrogen-bond acceptors (Lipinski definition) is 3. The number of nitrogens with zero attached hydrogens (tertiary/aromatic N) is 2. The fourth-order valence-corrected chi connectivity index (χ4v) is 3.47. The molecule has 0 bridgehead atoms. The van der Waals surface area contributed by atoms with E-state index in [1.807, 2.05) is 12.4 Å². The van der Waals surface area contributed by atoms with Gasteiger partial charge in [0.15, 0.2) is 0 Å². The number of nitrogens with one attached hydrogen (secondary N) is 1. The van der Waals surface area contributed by atoms with Gasteiger partial charge < -0.3 is 5.32 Å². The van der Waals surface area contributed by atoms with Crippen LogP contribution in [0.25, 0.3) is 0 Å². The van der Waals surface area contributed by atoms with E-state index in [4.69, 9.17) is 0 Å². The van der Waals surface area contributed by atoms with E-state index in [9.17, 15) is 0 Å². The third-order valence-corrected chi connectivity index (χ3v) is 4.39. The molecule has 0 aliphatic carbocycles. The molecular formula is C13H19BrClN3. The van der Waals surface area contributed by atoms with Crippen molar-refractivity contribution in [2.24, 2.45) is 11.8 Å². The second-order valence-corrected chi connectivity index (χ2v) is 6.13. The smallest absolute Gasteiger partial charge is 0.0410 e. The van der Waals surface area contributed by atoms with Gasteiger partial charge >= 0.3 is 0 Å². The number of piperidine rings is 1. The van der Waals surface area contributed by atoms with Gasteiger partial charge in [0.05, 0.1) is 0 Å². The van der Waals surface area contributed by atoms with Crippen LogP contribution in [0.5, 0.6) is 0 Å². The summed E-state index contributed by atoms with van der Waals surface area (Å²) in [6, 6.07) is 2.17. The Morgan fingerprint density at radius 2 is 2.17 bits per heavy atom. The fourth-order valence-electron chi connectivity index (χ4n) is 3.05. The summed E-state index contributed by atoms with van der Waals surface area (Å²) < 4.78 is 1.08. The summed E-state index contributed by atoms with van der Waals surface area (Å²) in [5, 5.41) is 3.51. The highest BCUT2D eigenvalue weighted by Gasteiger charge is 2.32. The summed E-state index contributed by atoms with van der Waals surface area (Å²) in [5.74, 6) is 1.79. The quantitative estimate of drug-likeness (QED) is 0.901. The van der Waals surface area contributed by atoms with Crippen LogP contribution in [-0.4, -0.2) is 36.1 Å². The van der Waals surface area contributed by atoms with Crippen LogP contribution in [-0.2, 0) is 6.54 Å². The minimum Gasteiger partial charge on any atom is -0.316 e. The Morgan fingerprint density at radius 3 is 3.00 bits per heavy atom. The Hall–Kier alpha value is -0.160. The maximum atomic E-state index is 4.23. The summed E-state index contributed by atoms with van der Waals surface area (Å²) in [6.45, 7) is 5.95. The van der Waals surface area contributed by atoms with Crippen molar-refractivity contribution in [3.63, 3.8) is 0 Å². The summed E-state index contributed by atoms with van der Waals surface area (Å²) in [5.41, 5.74) is 1.31. The fraction of sp³-hybridized carbons (Fsp3) is 0.615. The minimum atomic E-state index is 0. The zero-order chi connectivity index (χ0) is 11.7. The molecule has 2 saturated heterocycles. The highest BCUT2D eigenvalue weighted by molar-refractivity contribution is 9.10. The zero-order valence-electron chi connectivity index (χ0n) is 10.3. The molecule has 1 aromatic heterocycles. The SMILES string of the molecule is Brc1cncc(CN2CCC3CNCC3C2)c1.Cl. The van der Waals surface area contributed by atoms with Crippen LogP contribution in [0.15, 0.2) is 22.9 Å². The molecule has 1 aromatic rings. The van der Waals surface area contributed by atoms with Crippen molar-refractivity contribution < 1.29 is 0 Å². The van der Waals surface area contributed by atoms with Gasteiger partial charge in [0, 0.05) is 30.0 Å². The van der Waals surface area contributed by atoms with Gasteiger partial charge in [-0.15, -0.1) is 12.4 Å². The summed E-state index contributed by atoms with van der Waals surface area (Å²) in [7, 11) is 0. The number of aromatic nitrogens is 1. The number of halogens is 2. The van der Waals surface area contributed by atoms with Crippen molar-refractivity contribution in [2.45, 2.75) is 13.0 Å². The van der Waals surface area contributed by atoms with Crippen molar-refractivity contribution in [1.82, 2.24) is 15.2 Å². The number of pyridine rings is 1. The standard InChI is InChI=1S/C13H18BrN3.ClH/c14-13-3-10(4-15-7-13)8-17-2-1-11-5-16-6-12(11)9-17;/h3-4,7,11-12,16H,1-2,5-6,8-9H2;1H. The van der Waals surface area contributed by atoms with Gasteiger partial charge in [-0.05, 0) is 65.5 Å². The zero-order valence-corrected chi connectivity index (χ0v) is 12.7. The van der Waals surface area contributed by atoms with E-state index in [1.165, 1.54) is 38.2 Å². The molecule has 5 heteroatoms. The largest absolute Gasteiger partial charge is 0.316 e. The van der Waals surface area contributed by atoms with Crippen LogP contribution in [0, 0.1) is 11.8 Å². The second-order valence-electron chi connectivity index (χ2n) is 5.21. The first-order chi connectivity index (χ1) is 8.31. The minimum absolute atomic E-state index is 0. The molecule has 0 amide bonds. The molecule has 2 aliphatic heterocycles. The van der Waals surface area contributed by atoms with Crippen LogP contribution in [0.4, 0.5) is 0 Å². The summed E-state index contributed by atoms with van der Waals surface area (Å²) in [6.07, 6.45) is 5.17. The molecule has 2 atom stereocenters. The van der Waals surface area contributed by atoms with Crippen LogP contribution in [0.2, 0.25) is 0 Å². The molecule has 18 heavy (non-hydrogen) atoms. The van der Waals surface area contributed by atoms with E-state index in [1.54, 1.807) is 0 Å². The van der Waals surface area contributed by atoms with Gasteiger partial charge in [-0.3, -0.25) is 9.88 Å². The molecule has 3 nitrogen and oxygen atoms in total. The lowest BCUT2D eigenvalue weighted by Gasteiger charge is -2.34. The van der Waals surface area contributed by atoms with Crippen molar-refractivity contribution in [3.05, 3.63) is 28.5 Å². The lowest BCUT2D eigenvalue weighted by atomic mass is 9.88. The van der Waals surface area contributed by atoms with Gasteiger partial charge in [-0.25, -0.2) is 0 Å². The lowest BCUT2D eigenvalue weighted by molar-refractivity contribution is 0.142. The van der Waals surface area contributed by atoms with Crippen molar-refractivity contribution in [3.8, 4) is 0 Å². The Kier molecular flexibility index (Phi) is 5.01. The highest BCUT2D eigenvalue weighted by atomic mass is 79.9. The van der Waals surface area contributed by atoms with Gasteiger partial charge in [0.1, 0.15) is 0 Å². The van der Waals surface area contributed by atoms with E-state index in [-0.39, 0.29) is 12.4 Å². The van der Waals surface area contributed by atoms with Gasteiger partial charge in [-0.2, -0.15) is 0 Å². The predicted molar refractivity (Wildman–Crippen MR) is 78.9 cm³/mol. The van der Waals surface area contributed by atoms with Crippen LogP contribution >= 0.6 is 28.3 Å². The van der Waals surface area contributed by atoms with Crippen molar-refractivity contribution in [1.29, 1.82) is 0 Å². The summed E-state index contributed by atoms with van der Waals surface area (Å²) in [4.78, 5) is 6.80. The maximum absolute atomic E-state index is 4.23. The number of rotatable bonds is 2. The molecule has 0 radical (unpaired) electrons. The first-order valence-corrected chi connectivity index (χ1v) is 7.13. The van der Waals surface area contributed by atoms with Crippen LogP contribution in [0.1, 0.15) is 12.0 Å². The Bertz CT molecular complexity index is 402. The van der Waals surface area contributed by atoms with Crippen LogP contribution < -0.4 is 5.32 Å². The Labute approximate surface area is 123 Å². The lowest BCUT2D eigenvalue weighted by Crippen LogP contribution is -2.39. The predicted octanol–water partition coefficient (Wildman–Crippen LogP) is 2.31. The molecule has 2 fully saturated rings. The number of fused-ring (bicyclic) bond motifs is 1. The second kappa shape index (κ2) is 6.33. The van der Waals surface area contributed by atoms with Gasteiger partial charge in [-0.1, -0.05) is 0 Å². The topological polar surface area (TPSA) is 28.2 Å². The number of hydrogen-bond donors (Lipinski definition) is 1. The monoisotopic (exact) mass is 331 g/mol. The first-order valence-electron chi connectivity index (χ1n) is 6.34. The summed E-state index contributed by atoms with van der Waals surface area (Å²) >= 11 is 3.48. The molecule has 3 rings (SSSR count). The van der Waals surface area contributed by atoms with Gasteiger partial charge in [0.2, 0.25) is 0 Å². The average molecular weight is 333 g/mol. The average Bonchev–Trinajstić information content (AvgIpc) is 2.76. The molecule has 0 saturated carbocycles. The third kappa shape index (κ3) is 3.23.